The Balaban J connectivity index is 2.69. The van der Waals surface area contributed by atoms with Crippen LogP contribution in [0, 0.1) is 0 Å². The van der Waals surface area contributed by atoms with Gasteiger partial charge in [-0.15, -0.1) is 0 Å². The van der Waals surface area contributed by atoms with Gasteiger partial charge in [0.05, 0.1) is 6.61 Å². The monoisotopic (exact) mass is 263 g/mol. The predicted molar refractivity (Wildman–Crippen MR) is 71.1 cm³/mol. The molecule has 0 saturated heterocycles. The second-order valence-electron chi connectivity index (χ2n) is 3.92. The molecule has 1 unspecified atom stereocenters. The smallest absolute Gasteiger partial charge is 0.239 e. The fraction of sp³-hybridized carbons (Fsp3) is 0.417. The summed E-state index contributed by atoms with van der Waals surface area (Å²) in [6.07, 6.45) is 0. The fourth-order valence-corrected chi connectivity index (χ4v) is 1.66. The Hall–Kier alpha value is -2.08. The van der Waals surface area contributed by atoms with Gasteiger partial charge in [0, 0.05) is 25.1 Å². The van der Waals surface area contributed by atoms with Crippen molar-refractivity contribution in [3.63, 3.8) is 0 Å². The largest absolute Gasteiger partial charge is 0.380 e. The van der Waals surface area contributed by atoms with Gasteiger partial charge < -0.3 is 15.8 Å². The molecule has 0 aliphatic heterocycles. The Bertz CT molecular complexity index is 454. The van der Waals surface area contributed by atoms with Crippen LogP contribution in [0.15, 0.2) is 29.4 Å². The molecule has 0 radical (unpaired) electrons. The van der Waals surface area contributed by atoms with Crippen molar-refractivity contribution in [1.29, 1.82) is 0 Å². The highest BCUT2D eigenvalue weighted by Crippen LogP contribution is 2.14. The molecule has 0 heterocycles. The highest BCUT2D eigenvalue weighted by molar-refractivity contribution is 5.81. The van der Waals surface area contributed by atoms with Crippen LogP contribution in [0.25, 0.3) is 10.4 Å². The van der Waals surface area contributed by atoms with Crippen molar-refractivity contribution in [1.82, 2.24) is 5.32 Å². The van der Waals surface area contributed by atoms with Crippen LogP contribution in [0.3, 0.4) is 0 Å². The first-order chi connectivity index (χ1) is 9.19. The highest BCUT2D eigenvalue weighted by atomic mass is 16.5. The summed E-state index contributed by atoms with van der Waals surface area (Å²) in [4.78, 5) is 14.0. The van der Waals surface area contributed by atoms with Crippen molar-refractivity contribution in [2.45, 2.75) is 12.6 Å². The van der Waals surface area contributed by atoms with Crippen molar-refractivity contribution >= 4 is 5.91 Å². The van der Waals surface area contributed by atoms with E-state index < -0.39 is 11.9 Å². The zero-order valence-electron chi connectivity index (χ0n) is 10.7. The Morgan fingerprint density at radius 2 is 2.21 bits per heavy atom. The molecule has 0 aliphatic carbocycles. The van der Waals surface area contributed by atoms with Gasteiger partial charge in [-0.2, -0.15) is 0 Å². The number of nitrogens with zero attached hydrogens (tertiary/aromatic N) is 3. The summed E-state index contributed by atoms with van der Waals surface area (Å²) >= 11 is 0. The zero-order chi connectivity index (χ0) is 14.1. The molecule has 7 heteroatoms. The normalized spacial score (nSPS) is 11.6. The molecule has 0 spiro atoms. The molecule has 1 rings (SSSR count). The first-order valence-corrected chi connectivity index (χ1v) is 5.80. The lowest BCUT2D eigenvalue weighted by atomic mass is 10.0. The molecule has 1 amide bonds. The average Bonchev–Trinajstić information content (AvgIpc) is 2.40. The van der Waals surface area contributed by atoms with E-state index in [1.54, 1.807) is 7.11 Å². The number of amides is 1. The third kappa shape index (κ3) is 4.97. The molecular weight excluding hydrogens is 246 g/mol. The van der Waals surface area contributed by atoms with Crippen LogP contribution in [0.4, 0.5) is 0 Å². The van der Waals surface area contributed by atoms with Crippen molar-refractivity contribution in [3.8, 4) is 0 Å². The first-order valence-electron chi connectivity index (χ1n) is 5.80. The van der Waals surface area contributed by atoms with Crippen LogP contribution >= 0.6 is 0 Å². The Labute approximate surface area is 111 Å². The van der Waals surface area contributed by atoms with Crippen LogP contribution in [-0.2, 0) is 16.1 Å². The van der Waals surface area contributed by atoms with Crippen molar-refractivity contribution < 1.29 is 9.53 Å². The number of rotatable bonds is 8. The van der Waals surface area contributed by atoms with Gasteiger partial charge in [-0.25, -0.2) is 0 Å². The molecule has 102 valence electrons. The Morgan fingerprint density at radius 3 is 2.74 bits per heavy atom. The summed E-state index contributed by atoms with van der Waals surface area (Å²) in [5.41, 5.74) is 15.3. The van der Waals surface area contributed by atoms with Crippen LogP contribution in [0.1, 0.15) is 17.2 Å². The highest BCUT2D eigenvalue weighted by Gasteiger charge is 2.16. The Morgan fingerprint density at radius 1 is 1.53 bits per heavy atom. The van der Waals surface area contributed by atoms with Crippen LogP contribution in [-0.4, -0.2) is 26.1 Å². The van der Waals surface area contributed by atoms with Crippen LogP contribution < -0.4 is 11.1 Å². The zero-order valence-corrected chi connectivity index (χ0v) is 10.7. The van der Waals surface area contributed by atoms with E-state index in [1.165, 1.54) is 0 Å². The number of nitrogens with two attached hydrogens (primary N) is 1. The second kappa shape index (κ2) is 8.10. The average molecular weight is 263 g/mol. The van der Waals surface area contributed by atoms with Gasteiger partial charge in [0.1, 0.15) is 6.04 Å². The number of nitrogens with one attached hydrogen (secondary N) is 1. The van der Waals surface area contributed by atoms with Gasteiger partial charge in [-0.3, -0.25) is 4.79 Å². The van der Waals surface area contributed by atoms with E-state index in [-0.39, 0.29) is 6.54 Å². The van der Waals surface area contributed by atoms with Crippen molar-refractivity contribution in [2.75, 3.05) is 20.2 Å². The number of azide groups is 1. The van der Waals surface area contributed by atoms with E-state index in [0.717, 1.165) is 11.1 Å². The van der Waals surface area contributed by atoms with E-state index in [0.29, 0.717) is 13.2 Å². The number of methoxy groups -OCH3 is 1. The maximum atomic E-state index is 11.4. The topological polar surface area (TPSA) is 113 Å². The lowest BCUT2D eigenvalue weighted by Gasteiger charge is -2.15. The fourth-order valence-electron chi connectivity index (χ4n) is 1.66. The number of ether oxygens (including phenoxy) is 1. The van der Waals surface area contributed by atoms with Crippen LogP contribution in [0.5, 0.6) is 0 Å². The quantitative estimate of drug-likeness (QED) is 0.318. The maximum absolute atomic E-state index is 11.4. The predicted octanol–water partition coefficient (Wildman–Crippen LogP) is 1.26. The number of benzene rings is 1. The molecule has 3 N–H and O–H groups in total. The minimum absolute atomic E-state index is 0.266. The van der Waals surface area contributed by atoms with Crippen LogP contribution in [0.2, 0.25) is 0 Å². The lowest BCUT2D eigenvalue weighted by Crippen LogP contribution is -2.34. The minimum atomic E-state index is -0.592. The number of carbonyl (C=O) groups is 1. The van der Waals surface area contributed by atoms with E-state index in [1.807, 2.05) is 24.3 Å². The standard InChI is InChI=1S/C12H17N5O2/c1-19-8-9-2-4-10(5-3-9)11(12(13)18)15-6-7-16-17-14/h2-5,11,15H,6-8H2,1H3,(H2,13,18). The third-order valence-electron chi connectivity index (χ3n) is 2.53. The summed E-state index contributed by atoms with van der Waals surface area (Å²) in [5.74, 6) is -0.472. The molecule has 1 atom stereocenters. The van der Waals surface area contributed by atoms with Crippen molar-refractivity contribution in [2.24, 2.45) is 10.8 Å². The van der Waals surface area contributed by atoms with Gasteiger partial charge in [-0.1, -0.05) is 29.4 Å². The second-order valence-corrected chi connectivity index (χ2v) is 3.92. The minimum Gasteiger partial charge on any atom is -0.380 e. The first kappa shape index (κ1) is 15.0. The van der Waals surface area contributed by atoms with Gasteiger partial charge in [0.25, 0.3) is 0 Å². The third-order valence-corrected chi connectivity index (χ3v) is 2.53. The van der Waals surface area contributed by atoms with Crippen molar-refractivity contribution in [3.05, 3.63) is 45.8 Å². The summed E-state index contributed by atoms with van der Waals surface area (Å²) in [5, 5.41) is 6.34. The molecule has 0 saturated carbocycles. The van der Waals surface area contributed by atoms with E-state index >= 15 is 0 Å². The molecule has 0 aliphatic rings. The number of hydrogen-bond acceptors (Lipinski definition) is 4. The molecule has 0 bridgehead atoms. The molecule has 0 aromatic heterocycles. The summed E-state index contributed by atoms with van der Waals surface area (Å²) in [6.45, 7) is 1.17. The summed E-state index contributed by atoms with van der Waals surface area (Å²) < 4.78 is 5.01. The van der Waals surface area contributed by atoms with E-state index in [4.69, 9.17) is 16.0 Å². The summed E-state index contributed by atoms with van der Waals surface area (Å²) in [6, 6.07) is 6.81. The molecule has 7 nitrogen and oxygen atoms in total. The van der Waals surface area contributed by atoms with E-state index in [2.05, 4.69) is 15.3 Å². The number of hydrogen-bond donors (Lipinski definition) is 2. The lowest BCUT2D eigenvalue weighted by molar-refractivity contribution is -0.120. The summed E-state index contributed by atoms with van der Waals surface area (Å²) in [7, 11) is 1.62. The van der Waals surface area contributed by atoms with Gasteiger partial charge in [0.15, 0.2) is 0 Å². The Kier molecular flexibility index (Phi) is 6.38. The van der Waals surface area contributed by atoms with Gasteiger partial charge >= 0.3 is 0 Å². The number of carbonyl (C=O) groups excluding carboxylic acids is 1. The maximum Gasteiger partial charge on any atom is 0.239 e. The van der Waals surface area contributed by atoms with E-state index in [9.17, 15) is 4.79 Å². The molecule has 1 aromatic rings. The molecular formula is C12H17N5O2. The van der Waals surface area contributed by atoms with Gasteiger partial charge in [0.2, 0.25) is 5.91 Å². The SMILES string of the molecule is COCc1ccc(C(NCCN=[N+]=[N-])C(N)=O)cc1. The molecule has 19 heavy (non-hydrogen) atoms. The number of primary amides is 1. The molecule has 0 fully saturated rings. The molecule has 1 aromatic carbocycles. The van der Waals surface area contributed by atoms with Gasteiger partial charge in [-0.05, 0) is 16.7 Å².